The lowest BCUT2D eigenvalue weighted by Crippen LogP contribution is -2.24. The van der Waals surface area contributed by atoms with E-state index in [2.05, 4.69) is 10.3 Å². The van der Waals surface area contributed by atoms with Crippen LogP contribution in [0.15, 0.2) is 53.2 Å². The number of nitrogens with one attached hydrogen (secondary N) is 1. The van der Waals surface area contributed by atoms with Crippen LogP contribution >= 0.6 is 11.6 Å². The van der Waals surface area contributed by atoms with Crippen molar-refractivity contribution in [1.82, 2.24) is 5.32 Å². The zero-order chi connectivity index (χ0) is 18.0. The summed E-state index contributed by atoms with van der Waals surface area (Å²) in [6.45, 7) is 0. The van der Waals surface area contributed by atoms with Crippen LogP contribution in [0.4, 0.5) is 5.69 Å². The first-order valence-electron chi connectivity index (χ1n) is 7.18. The average molecular weight is 358 g/mol. The van der Waals surface area contributed by atoms with Crippen molar-refractivity contribution in [2.24, 2.45) is 4.99 Å². The van der Waals surface area contributed by atoms with E-state index in [1.807, 2.05) is 6.07 Å². The Morgan fingerprint density at radius 2 is 2.08 bits per heavy atom. The molecule has 7 nitrogen and oxygen atoms in total. The second-order valence-electron chi connectivity index (χ2n) is 5.14. The number of carbonyl (C=O) groups is 1. The van der Waals surface area contributed by atoms with Crippen LogP contribution in [0.3, 0.4) is 0 Å². The maximum absolute atomic E-state index is 12.1. The van der Waals surface area contributed by atoms with E-state index >= 15 is 0 Å². The first kappa shape index (κ1) is 16.7. The summed E-state index contributed by atoms with van der Waals surface area (Å²) in [5, 5.41) is 13.6. The summed E-state index contributed by atoms with van der Waals surface area (Å²) >= 11 is 5.80. The molecule has 0 atom stereocenters. The van der Waals surface area contributed by atoms with E-state index in [9.17, 15) is 14.9 Å². The Balaban J connectivity index is 1.96. The largest absolute Gasteiger partial charge is 0.497 e. The minimum Gasteiger partial charge on any atom is -0.497 e. The van der Waals surface area contributed by atoms with Gasteiger partial charge in [0.25, 0.3) is 11.6 Å². The van der Waals surface area contributed by atoms with Crippen LogP contribution in [-0.4, -0.2) is 23.8 Å². The molecule has 0 bridgehead atoms. The minimum atomic E-state index is -0.587. The van der Waals surface area contributed by atoms with E-state index in [1.54, 1.807) is 37.5 Å². The molecule has 8 heteroatoms. The van der Waals surface area contributed by atoms with Crippen molar-refractivity contribution >= 4 is 35.1 Å². The first-order valence-corrected chi connectivity index (χ1v) is 7.56. The summed E-state index contributed by atoms with van der Waals surface area (Å²) in [7, 11) is 1.55. The van der Waals surface area contributed by atoms with Crippen LogP contribution in [0.5, 0.6) is 5.75 Å². The van der Waals surface area contributed by atoms with Crippen LogP contribution in [-0.2, 0) is 4.79 Å². The Kier molecular flexibility index (Phi) is 4.49. The third kappa shape index (κ3) is 3.51. The fourth-order valence-corrected chi connectivity index (χ4v) is 2.48. The summed E-state index contributed by atoms with van der Waals surface area (Å²) in [6.07, 6.45) is 1.61. The van der Waals surface area contributed by atoms with Gasteiger partial charge < -0.3 is 10.1 Å². The van der Waals surface area contributed by atoms with Crippen molar-refractivity contribution in [3.05, 3.63) is 74.4 Å². The Morgan fingerprint density at radius 3 is 2.80 bits per heavy atom. The standard InChI is InChI=1S/C17H12ClN3O4/c1-25-12-4-2-3-10(7-12)8-14-17(22)20-16(19-14)11-5-6-13(18)15(9-11)21(23)24/h2-9H,1H3,(H,19,20,22). The Labute approximate surface area is 147 Å². The zero-order valence-corrected chi connectivity index (χ0v) is 13.8. The molecule has 0 radical (unpaired) electrons. The number of amidine groups is 1. The lowest BCUT2D eigenvalue weighted by atomic mass is 10.2. The molecule has 126 valence electrons. The molecule has 2 aromatic carbocycles. The topological polar surface area (TPSA) is 93.8 Å². The highest BCUT2D eigenvalue weighted by molar-refractivity contribution is 6.33. The Hall–Kier alpha value is -3.19. The highest BCUT2D eigenvalue weighted by Crippen LogP contribution is 2.26. The number of amides is 1. The van der Waals surface area contributed by atoms with E-state index in [4.69, 9.17) is 16.3 Å². The zero-order valence-electron chi connectivity index (χ0n) is 13.0. The van der Waals surface area contributed by atoms with Gasteiger partial charge in [0.2, 0.25) is 0 Å². The van der Waals surface area contributed by atoms with Gasteiger partial charge in [-0.2, -0.15) is 0 Å². The van der Waals surface area contributed by atoms with Gasteiger partial charge in [0.05, 0.1) is 12.0 Å². The monoisotopic (exact) mass is 357 g/mol. The number of nitro groups is 1. The van der Waals surface area contributed by atoms with Gasteiger partial charge in [-0.3, -0.25) is 14.9 Å². The second-order valence-corrected chi connectivity index (χ2v) is 5.55. The number of aliphatic imine (C=N–C) groups is 1. The van der Waals surface area contributed by atoms with Crippen molar-refractivity contribution < 1.29 is 14.5 Å². The minimum absolute atomic E-state index is 0.0193. The third-order valence-electron chi connectivity index (χ3n) is 3.51. The molecule has 1 aliphatic rings. The number of methoxy groups -OCH3 is 1. The molecule has 0 aliphatic carbocycles. The summed E-state index contributed by atoms with van der Waals surface area (Å²) < 4.78 is 5.14. The molecular weight excluding hydrogens is 346 g/mol. The lowest BCUT2D eigenvalue weighted by molar-refractivity contribution is -0.384. The molecular formula is C17H12ClN3O4. The van der Waals surface area contributed by atoms with Crippen LogP contribution in [0, 0.1) is 10.1 Å². The van der Waals surface area contributed by atoms with Gasteiger partial charge in [-0.15, -0.1) is 0 Å². The van der Waals surface area contributed by atoms with E-state index in [0.717, 1.165) is 5.56 Å². The molecule has 0 fully saturated rings. The Bertz CT molecular complexity index is 937. The molecule has 1 heterocycles. The van der Waals surface area contributed by atoms with Crippen LogP contribution in [0.1, 0.15) is 11.1 Å². The van der Waals surface area contributed by atoms with Gasteiger partial charge in [0.15, 0.2) is 0 Å². The maximum atomic E-state index is 12.1. The molecule has 0 aromatic heterocycles. The first-order chi connectivity index (χ1) is 12.0. The average Bonchev–Trinajstić information content (AvgIpc) is 2.96. The summed E-state index contributed by atoms with van der Waals surface area (Å²) in [4.78, 5) is 26.8. The van der Waals surface area contributed by atoms with E-state index in [0.29, 0.717) is 11.3 Å². The fraction of sp³-hybridized carbons (Fsp3) is 0.0588. The van der Waals surface area contributed by atoms with Crippen molar-refractivity contribution in [3.63, 3.8) is 0 Å². The van der Waals surface area contributed by atoms with Gasteiger partial charge in [-0.05, 0) is 35.9 Å². The van der Waals surface area contributed by atoms with Crippen molar-refractivity contribution in [2.75, 3.05) is 7.11 Å². The summed E-state index contributed by atoms with van der Waals surface area (Å²) in [6, 6.07) is 11.4. The number of hydrogen-bond acceptors (Lipinski definition) is 5. The maximum Gasteiger partial charge on any atom is 0.288 e. The summed E-state index contributed by atoms with van der Waals surface area (Å²) in [5.41, 5.74) is 1.09. The molecule has 2 aromatic rings. The molecule has 1 aliphatic heterocycles. The molecule has 1 amide bonds. The number of benzene rings is 2. The van der Waals surface area contributed by atoms with Gasteiger partial charge in [-0.25, -0.2) is 4.99 Å². The number of nitrogens with zero attached hydrogens (tertiary/aromatic N) is 2. The van der Waals surface area contributed by atoms with E-state index < -0.39 is 10.8 Å². The van der Waals surface area contributed by atoms with Crippen LogP contribution in [0.2, 0.25) is 5.02 Å². The van der Waals surface area contributed by atoms with Gasteiger partial charge in [0, 0.05) is 11.6 Å². The van der Waals surface area contributed by atoms with Crippen LogP contribution in [0.25, 0.3) is 6.08 Å². The quantitative estimate of drug-likeness (QED) is 0.516. The smallest absolute Gasteiger partial charge is 0.288 e. The highest BCUT2D eigenvalue weighted by Gasteiger charge is 2.23. The lowest BCUT2D eigenvalue weighted by Gasteiger charge is -2.01. The van der Waals surface area contributed by atoms with Crippen LogP contribution < -0.4 is 10.1 Å². The fourth-order valence-electron chi connectivity index (χ4n) is 2.29. The molecule has 3 rings (SSSR count). The van der Waals surface area contributed by atoms with E-state index in [-0.39, 0.29) is 22.2 Å². The predicted octanol–water partition coefficient (Wildman–Crippen LogP) is 3.17. The van der Waals surface area contributed by atoms with Gasteiger partial charge in [-0.1, -0.05) is 23.7 Å². The van der Waals surface area contributed by atoms with Crippen molar-refractivity contribution in [2.45, 2.75) is 0 Å². The molecule has 1 N–H and O–H groups in total. The van der Waals surface area contributed by atoms with Crippen molar-refractivity contribution in [3.8, 4) is 5.75 Å². The number of nitro benzene ring substituents is 1. The number of halogens is 1. The van der Waals surface area contributed by atoms with E-state index in [1.165, 1.54) is 12.1 Å². The highest BCUT2D eigenvalue weighted by atomic mass is 35.5. The molecule has 0 saturated carbocycles. The normalized spacial score (nSPS) is 15.0. The molecule has 0 saturated heterocycles. The van der Waals surface area contributed by atoms with Crippen molar-refractivity contribution in [1.29, 1.82) is 0 Å². The Morgan fingerprint density at radius 1 is 1.28 bits per heavy atom. The number of hydrogen-bond donors (Lipinski definition) is 1. The number of ether oxygens (including phenoxy) is 1. The predicted molar refractivity (Wildman–Crippen MR) is 93.8 cm³/mol. The third-order valence-corrected chi connectivity index (χ3v) is 3.83. The number of carbonyl (C=O) groups excluding carboxylic acids is 1. The SMILES string of the molecule is COc1cccc(C=C2N=C(c3ccc(Cl)c([N+](=O)[O-])c3)NC2=O)c1. The van der Waals surface area contributed by atoms with Gasteiger partial charge >= 0.3 is 0 Å². The summed E-state index contributed by atoms with van der Waals surface area (Å²) in [5.74, 6) is 0.500. The molecule has 25 heavy (non-hydrogen) atoms. The molecule has 0 spiro atoms. The number of rotatable bonds is 4. The molecule has 0 unspecified atom stereocenters. The van der Waals surface area contributed by atoms with Gasteiger partial charge in [0.1, 0.15) is 22.3 Å². The second kappa shape index (κ2) is 6.74.